The van der Waals surface area contributed by atoms with Crippen LogP contribution in [-0.2, 0) is 4.79 Å². The van der Waals surface area contributed by atoms with Gasteiger partial charge in [-0.3, -0.25) is 9.69 Å². The van der Waals surface area contributed by atoms with Gasteiger partial charge in [-0.1, -0.05) is 54.4 Å². The summed E-state index contributed by atoms with van der Waals surface area (Å²) >= 11 is 6.45. The lowest BCUT2D eigenvalue weighted by Gasteiger charge is -2.35. The van der Waals surface area contributed by atoms with Crippen molar-refractivity contribution in [3.05, 3.63) is 64.7 Å². The van der Waals surface area contributed by atoms with E-state index in [2.05, 4.69) is 16.3 Å². The number of rotatable bonds is 7. The maximum atomic E-state index is 12.3. The number of piperidine rings is 1. The van der Waals surface area contributed by atoms with Gasteiger partial charge in [0.05, 0.1) is 6.04 Å². The van der Waals surface area contributed by atoms with Crippen molar-refractivity contribution in [2.45, 2.75) is 32.2 Å². The number of hydrogen-bond donors (Lipinski definition) is 1. The quantitative estimate of drug-likeness (QED) is 0.696. The highest BCUT2D eigenvalue weighted by Gasteiger charge is 2.24. The van der Waals surface area contributed by atoms with Crippen LogP contribution in [0.5, 0.6) is 5.75 Å². The molecule has 28 heavy (non-hydrogen) atoms. The number of nitrogens with one attached hydrogen (secondary N) is 1. The molecule has 4 nitrogen and oxygen atoms in total. The van der Waals surface area contributed by atoms with Gasteiger partial charge in [0.25, 0.3) is 5.91 Å². The molecular weight excluding hydrogens is 395 g/mol. The highest BCUT2D eigenvalue weighted by atomic mass is 35.5. The Hall–Kier alpha value is -1.75. The van der Waals surface area contributed by atoms with Crippen LogP contribution in [0.15, 0.2) is 48.5 Å². The number of nitrogens with zero attached hydrogens (tertiary/aromatic N) is 1. The summed E-state index contributed by atoms with van der Waals surface area (Å²) in [6.45, 7) is 4.58. The molecule has 1 aliphatic rings. The topological polar surface area (TPSA) is 41.6 Å². The summed E-state index contributed by atoms with van der Waals surface area (Å²) in [6, 6.07) is 15.7. The van der Waals surface area contributed by atoms with E-state index in [4.69, 9.17) is 16.3 Å². The molecule has 2 aromatic carbocycles. The second kappa shape index (κ2) is 11.3. The molecular formula is C22H28Cl2N2O2. The number of amides is 1. The van der Waals surface area contributed by atoms with Crippen molar-refractivity contribution in [2.75, 3.05) is 26.2 Å². The van der Waals surface area contributed by atoms with Crippen molar-refractivity contribution in [1.82, 2.24) is 10.2 Å². The molecule has 1 fully saturated rings. The lowest BCUT2D eigenvalue weighted by atomic mass is 10.0. The molecule has 1 aliphatic heterocycles. The molecule has 152 valence electrons. The van der Waals surface area contributed by atoms with E-state index in [9.17, 15) is 4.79 Å². The molecule has 2 aromatic rings. The number of halogens is 2. The lowest BCUT2D eigenvalue weighted by molar-refractivity contribution is -0.123. The number of aryl methyl sites for hydroxylation is 1. The fraction of sp³-hybridized carbons (Fsp3) is 0.409. The van der Waals surface area contributed by atoms with Gasteiger partial charge in [0.15, 0.2) is 6.61 Å². The molecule has 1 heterocycles. The lowest BCUT2D eigenvalue weighted by Crippen LogP contribution is -2.41. The molecule has 3 rings (SSSR count). The molecule has 0 aromatic heterocycles. The SMILES string of the molecule is Cc1ccccc1OCC(=O)NCC(c1ccccc1Cl)N1CCCCC1.Cl. The number of ether oxygens (including phenoxy) is 1. The van der Waals surface area contributed by atoms with Gasteiger partial charge in [-0.2, -0.15) is 0 Å². The smallest absolute Gasteiger partial charge is 0.258 e. The van der Waals surface area contributed by atoms with Crippen molar-refractivity contribution in [1.29, 1.82) is 0 Å². The van der Waals surface area contributed by atoms with Gasteiger partial charge in [-0.25, -0.2) is 0 Å². The highest BCUT2D eigenvalue weighted by Crippen LogP contribution is 2.29. The molecule has 1 atom stereocenters. The predicted molar refractivity (Wildman–Crippen MR) is 117 cm³/mol. The largest absolute Gasteiger partial charge is 0.484 e. The number of likely N-dealkylation sites (tertiary alicyclic amines) is 1. The van der Waals surface area contributed by atoms with Crippen LogP contribution in [0.3, 0.4) is 0 Å². The standard InChI is InChI=1S/C22H27ClN2O2.ClH/c1-17-9-3-6-12-21(17)27-16-22(26)24-15-20(25-13-7-2-8-14-25)18-10-4-5-11-19(18)23;/h3-6,9-12,20H,2,7-8,13-16H2,1H3,(H,24,26);1H. The molecule has 0 saturated carbocycles. The Morgan fingerprint density at radius 3 is 2.50 bits per heavy atom. The molecule has 0 aliphatic carbocycles. The van der Waals surface area contributed by atoms with Gasteiger partial charge < -0.3 is 10.1 Å². The maximum absolute atomic E-state index is 12.3. The molecule has 6 heteroatoms. The molecule has 1 saturated heterocycles. The van der Waals surface area contributed by atoms with Crippen LogP contribution in [0.25, 0.3) is 0 Å². The average molecular weight is 423 g/mol. The minimum Gasteiger partial charge on any atom is -0.484 e. The number of hydrogen-bond acceptors (Lipinski definition) is 3. The van der Waals surface area contributed by atoms with Crippen LogP contribution >= 0.6 is 24.0 Å². The monoisotopic (exact) mass is 422 g/mol. The Kier molecular flexibility index (Phi) is 9.10. The third kappa shape index (κ3) is 6.13. The van der Waals surface area contributed by atoms with Crippen molar-refractivity contribution >= 4 is 29.9 Å². The van der Waals surface area contributed by atoms with E-state index < -0.39 is 0 Å². The van der Waals surface area contributed by atoms with Crippen LogP contribution in [-0.4, -0.2) is 37.0 Å². The molecule has 1 amide bonds. The fourth-order valence-electron chi connectivity index (χ4n) is 3.53. The molecule has 1 N–H and O–H groups in total. The minimum absolute atomic E-state index is 0. The van der Waals surface area contributed by atoms with Crippen LogP contribution in [0, 0.1) is 6.92 Å². The zero-order valence-electron chi connectivity index (χ0n) is 16.2. The summed E-state index contributed by atoms with van der Waals surface area (Å²) in [5.41, 5.74) is 2.09. The van der Waals surface area contributed by atoms with E-state index in [1.807, 2.05) is 49.4 Å². The highest BCUT2D eigenvalue weighted by molar-refractivity contribution is 6.31. The van der Waals surface area contributed by atoms with Crippen molar-refractivity contribution in [3.8, 4) is 5.75 Å². The Bertz CT molecular complexity index is 764. The van der Waals surface area contributed by atoms with Gasteiger partial charge in [0, 0.05) is 11.6 Å². The zero-order valence-corrected chi connectivity index (χ0v) is 17.8. The summed E-state index contributed by atoms with van der Waals surface area (Å²) in [4.78, 5) is 14.8. The zero-order chi connectivity index (χ0) is 19.1. The molecule has 0 radical (unpaired) electrons. The Balaban J connectivity index is 0.00000280. The van der Waals surface area contributed by atoms with Crippen molar-refractivity contribution in [3.63, 3.8) is 0 Å². The van der Waals surface area contributed by atoms with E-state index in [-0.39, 0.29) is 31.0 Å². The summed E-state index contributed by atoms with van der Waals surface area (Å²) in [5, 5.41) is 3.78. The van der Waals surface area contributed by atoms with Gasteiger partial charge in [0.2, 0.25) is 0 Å². The van der Waals surface area contributed by atoms with E-state index in [0.29, 0.717) is 6.54 Å². The minimum atomic E-state index is -0.118. The first kappa shape index (κ1) is 22.5. The molecule has 1 unspecified atom stereocenters. The Morgan fingerprint density at radius 2 is 1.79 bits per heavy atom. The average Bonchev–Trinajstić information content (AvgIpc) is 2.69. The van der Waals surface area contributed by atoms with Gasteiger partial charge >= 0.3 is 0 Å². The predicted octanol–water partition coefficient (Wildman–Crippen LogP) is 4.79. The molecule has 0 bridgehead atoms. The van der Waals surface area contributed by atoms with Crippen LogP contribution in [0.4, 0.5) is 0 Å². The number of carbonyl (C=O) groups excluding carboxylic acids is 1. The van der Waals surface area contributed by atoms with Gasteiger partial charge in [-0.15, -0.1) is 12.4 Å². The van der Waals surface area contributed by atoms with E-state index in [1.165, 1.54) is 19.3 Å². The van der Waals surface area contributed by atoms with Gasteiger partial charge in [0.1, 0.15) is 5.75 Å². The third-order valence-corrected chi connectivity index (χ3v) is 5.38. The Morgan fingerprint density at radius 1 is 1.11 bits per heavy atom. The van der Waals surface area contributed by atoms with Crippen molar-refractivity contribution in [2.24, 2.45) is 0 Å². The normalized spacial score (nSPS) is 15.4. The third-order valence-electron chi connectivity index (χ3n) is 5.04. The number of carbonyl (C=O) groups is 1. The first-order valence-electron chi connectivity index (χ1n) is 9.59. The van der Waals surface area contributed by atoms with E-state index >= 15 is 0 Å². The van der Waals surface area contributed by atoms with E-state index in [0.717, 1.165) is 35.0 Å². The van der Waals surface area contributed by atoms with Crippen LogP contribution < -0.4 is 10.1 Å². The number of benzene rings is 2. The van der Waals surface area contributed by atoms with Crippen LogP contribution in [0.2, 0.25) is 5.02 Å². The first-order chi connectivity index (χ1) is 13.1. The maximum Gasteiger partial charge on any atom is 0.258 e. The second-order valence-electron chi connectivity index (χ2n) is 6.99. The summed E-state index contributed by atoms with van der Waals surface area (Å²) in [5.74, 6) is 0.624. The molecule has 0 spiro atoms. The summed E-state index contributed by atoms with van der Waals surface area (Å²) in [6.07, 6.45) is 3.64. The van der Waals surface area contributed by atoms with Gasteiger partial charge in [-0.05, 0) is 56.1 Å². The van der Waals surface area contributed by atoms with E-state index in [1.54, 1.807) is 0 Å². The summed E-state index contributed by atoms with van der Waals surface area (Å²) in [7, 11) is 0. The van der Waals surface area contributed by atoms with Crippen LogP contribution in [0.1, 0.15) is 36.4 Å². The van der Waals surface area contributed by atoms with Crippen molar-refractivity contribution < 1.29 is 9.53 Å². The second-order valence-corrected chi connectivity index (χ2v) is 7.40. The number of para-hydroxylation sites is 1. The summed E-state index contributed by atoms with van der Waals surface area (Å²) < 4.78 is 5.65. The fourth-order valence-corrected chi connectivity index (χ4v) is 3.80. The Labute approximate surface area is 178 Å². The first-order valence-corrected chi connectivity index (χ1v) is 9.96.